The van der Waals surface area contributed by atoms with E-state index in [1.54, 1.807) is 6.07 Å². The summed E-state index contributed by atoms with van der Waals surface area (Å²) in [5.74, 6) is -0.487. The van der Waals surface area contributed by atoms with Crippen molar-refractivity contribution in [1.82, 2.24) is 9.97 Å². The number of hydrogen-bond acceptors (Lipinski definition) is 6. The lowest BCUT2D eigenvalue weighted by molar-refractivity contribution is -0.275. The minimum atomic E-state index is -4.90. The summed E-state index contributed by atoms with van der Waals surface area (Å²) in [6, 6.07) is 10.6. The maximum atomic E-state index is 12.7. The number of aromatic nitrogens is 2. The number of nitrogens with zero attached hydrogens (tertiary/aromatic N) is 2. The highest BCUT2D eigenvalue weighted by molar-refractivity contribution is 6.32. The molecule has 0 bridgehead atoms. The zero-order valence-electron chi connectivity index (χ0n) is 19.1. The van der Waals surface area contributed by atoms with E-state index in [0.717, 1.165) is 38.2 Å². The average molecular weight is 547 g/mol. The Morgan fingerprint density at radius 3 is 2.24 bits per heavy atom. The summed E-state index contributed by atoms with van der Waals surface area (Å²) < 4.78 is 83.6. The van der Waals surface area contributed by atoms with E-state index < -0.39 is 24.2 Å². The summed E-state index contributed by atoms with van der Waals surface area (Å²) >= 11 is 5.94. The van der Waals surface area contributed by atoms with Gasteiger partial charge in [-0.05, 0) is 43.2 Å². The highest BCUT2D eigenvalue weighted by Crippen LogP contribution is 2.34. The first-order chi connectivity index (χ1) is 17.4. The Morgan fingerprint density at radius 1 is 0.838 bits per heavy atom. The fourth-order valence-electron chi connectivity index (χ4n) is 3.94. The average Bonchev–Trinajstić information content (AvgIpc) is 2.80. The molecule has 2 aromatic carbocycles. The van der Waals surface area contributed by atoms with Gasteiger partial charge < -0.3 is 20.1 Å². The van der Waals surface area contributed by atoms with Gasteiger partial charge in [-0.25, -0.2) is 4.98 Å². The van der Waals surface area contributed by atoms with Crippen molar-refractivity contribution in [2.75, 3.05) is 10.6 Å². The molecule has 0 saturated heterocycles. The molecule has 1 aliphatic rings. The van der Waals surface area contributed by atoms with E-state index in [4.69, 9.17) is 11.6 Å². The molecule has 37 heavy (non-hydrogen) atoms. The summed E-state index contributed by atoms with van der Waals surface area (Å²) in [4.78, 5) is 8.92. The molecule has 3 aromatic rings. The highest BCUT2D eigenvalue weighted by atomic mass is 35.5. The van der Waals surface area contributed by atoms with E-state index in [2.05, 4.69) is 30.1 Å². The first kappa shape index (κ1) is 26.6. The summed E-state index contributed by atoms with van der Waals surface area (Å²) in [6.45, 7) is 0. The van der Waals surface area contributed by atoms with Gasteiger partial charge in [0, 0.05) is 23.4 Å². The van der Waals surface area contributed by atoms with Crippen molar-refractivity contribution in [3.8, 4) is 22.8 Å². The van der Waals surface area contributed by atoms with E-state index in [-0.39, 0.29) is 22.8 Å². The summed E-state index contributed by atoms with van der Waals surface area (Å²) in [5.41, 5.74) is 0.944. The molecule has 0 atom stereocenters. The maximum Gasteiger partial charge on any atom is 0.573 e. The zero-order chi connectivity index (χ0) is 26.6. The van der Waals surface area contributed by atoms with Crippen LogP contribution < -0.4 is 20.1 Å². The SMILES string of the molecule is FC(F)(F)Oc1cccc(-c2cc(Nc3ccc(OC(F)(F)F)c(Cl)c3)nc(NC3CCCCC3)n2)c1. The Labute approximate surface area is 213 Å². The molecule has 198 valence electrons. The standard InChI is InChI=1S/C24H21ClF6N4O2/c25-18-12-16(9-10-20(18)37-24(29,30)31)32-21-13-19(14-5-4-8-17(11-14)36-23(26,27)28)34-22(35-21)33-15-6-2-1-3-7-15/h4-5,8-13,15H,1-3,6-7H2,(H2,32,33,34,35). The second kappa shape index (κ2) is 10.9. The molecule has 1 heterocycles. The minimum absolute atomic E-state index is 0.130. The maximum absolute atomic E-state index is 12.7. The van der Waals surface area contributed by atoms with Crippen LogP contribution in [0.2, 0.25) is 5.02 Å². The molecule has 1 fully saturated rings. The number of hydrogen-bond donors (Lipinski definition) is 2. The number of benzene rings is 2. The zero-order valence-corrected chi connectivity index (χ0v) is 19.8. The second-order valence-corrected chi connectivity index (χ2v) is 8.74. The Hall–Kier alpha value is -3.41. The van der Waals surface area contributed by atoms with Crippen molar-refractivity contribution in [3.05, 3.63) is 53.6 Å². The lowest BCUT2D eigenvalue weighted by Gasteiger charge is -2.23. The molecule has 0 aliphatic heterocycles. The van der Waals surface area contributed by atoms with Crippen LogP contribution in [0.4, 0.5) is 43.8 Å². The summed E-state index contributed by atoms with van der Waals surface area (Å²) in [6.07, 6.45) is -4.69. The van der Waals surface area contributed by atoms with Gasteiger partial charge in [-0.15, -0.1) is 26.3 Å². The van der Waals surface area contributed by atoms with Gasteiger partial charge in [0.2, 0.25) is 5.95 Å². The normalized spacial score (nSPS) is 14.8. The van der Waals surface area contributed by atoms with Crippen molar-refractivity contribution in [2.45, 2.75) is 50.9 Å². The molecule has 0 unspecified atom stereocenters. The predicted octanol–water partition coefficient (Wildman–Crippen LogP) is 8.08. The predicted molar refractivity (Wildman–Crippen MR) is 126 cm³/mol. The molecule has 2 N–H and O–H groups in total. The number of rotatable bonds is 7. The Morgan fingerprint density at radius 2 is 1.57 bits per heavy atom. The van der Waals surface area contributed by atoms with E-state index >= 15 is 0 Å². The molecule has 4 rings (SSSR count). The van der Waals surface area contributed by atoms with Crippen molar-refractivity contribution < 1.29 is 35.8 Å². The third-order valence-corrected chi connectivity index (χ3v) is 5.75. The van der Waals surface area contributed by atoms with Crippen LogP contribution in [0.3, 0.4) is 0 Å². The summed E-state index contributed by atoms with van der Waals surface area (Å²) in [5, 5.41) is 5.94. The number of anilines is 3. The van der Waals surface area contributed by atoms with E-state index in [0.29, 0.717) is 16.9 Å². The van der Waals surface area contributed by atoms with Gasteiger partial charge in [0.25, 0.3) is 0 Å². The quantitative estimate of drug-likeness (QED) is 0.292. The van der Waals surface area contributed by atoms with Crippen LogP contribution in [0.25, 0.3) is 11.3 Å². The first-order valence-electron chi connectivity index (χ1n) is 11.3. The summed E-state index contributed by atoms with van der Waals surface area (Å²) in [7, 11) is 0. The Balaban J connectivity index is 1.65. The number of alkyl halides is 6. The molecule has 6 nitrogen and oxygen atoms in total. The van der Waals surface area contributed by atoms with Gasteiger partial charge in [-0.3, -0.25) is 0 Å². The van der Waals surface area contributed by atoms with E-state index in [1.807, 2.05) is 0 Å². The van der Waals surface area contributed by atoms with Crippen LogP contribution in [-0.2, 0) is 0 Å². The Bertz CT molecular complexity index is 1230. The number of ether oxygens (including phenoxy) is 2. The highest BCUT2D eigenvalue weighted by Gasteiger charge is 2.32. The van der Waals surface area contributed by atoms with Gasteiger partial charge in [0.1, 0.15) is 17.3 Å². The third kappa shape index (κ3) is 8.04. The molecule has 0 amide bonds. The van der Waals surface area contributed by atoms with Crippen LogP contribution in [-0.4, -0.2) is 28.7 Å². The first-order valence-corrected chi connectivity index (χ1v) is 11.7. The van der Waals surface area contributed by atoms with Gasteiger partial charge >= 0.3 is 12.7 Å². The van der Waals surface area contributed by atoms with Crippen molar-refractivity contribution in [2.24, 2.45) is 0 Å². The molecule has 1 saturated carbocycles. The molecule has 0 spiro atoms. The topological polar surface area (TPSA) is 68.3 Å². The fourth-order valence-corrected chi connectivity index (χ4v) is 4.16. The van der Waals surface area contributed by atoms with Gasteiger partial charge in [-0.1, -0.05) is 43.0 Å². The lowest BCUT2D eigenvalue weighted by atomic mass is 9.96. The number of halogens is 7. The van der Waals surface area contributed by atoms with Gasteiger partial charge in [0.15, 0.2) is 0 Å². The molecule has 1 aromatic heterocycles. The molecule has 13 heteroatoms. The van der Waals surface area contributed by atoms with Gasteiger partial charge in [-0.2, -0.15) is 4.98 Å². The smallest absolute Gasteiger partial charge is 0.406 e. The van der Waals surface area contributed by atoms with Crippen molar-refractivity contribution >= 4 is 29.1 Å². The second-order valence-electron chi connectivity index (χ2n) is 8.33. The largest absolute Gasteiger partial charge is 0.573 e. The van der Waals surface area contributed by atoms with Crippen LogP contribution in [0, 0.1) is 0 Å². The third-order valence-electron chi connectivity index (χ3n) is 5.46. The van der Waals surface area contributed by atoms with Crippen LogP contribution in [0.1, 0.15) is 32.1 Å². The van der Waals surface area contributed by atoms with E-state index in [1.165, 1.54) is 36.4 Å². The van der Waals surface area contributed by atoms with Crippen molar-refractivity contribution in [3.63, 3.8) is 0 Å². The van der Waals surface area contributed by atoms with Gasteiger partial charge in [0.05, 0.1) is 10.7 Å². The minimum Gasteiger partial charge on any atom is -0.406 e. The van der Waals surface area contributed by atoms with Crippen LogP contribution in [0.15, 0.2) is 48.5 Å². The lowest BCUT2D eigenvalue weighted by Crippen LogP contribution is -2.23. The molecule has 0 radical (unpaired) electrons. The number of nitrogens with one attached hydrogen (secondary N) is 2. The van der Waals surface area contributed by atoms with Crippen LogP contribution in [0.5, 0.6) is 11.5 Å². The van der Waals surface area contributed by atoms with Crippen LogP contribution >= 0.6 is 11.6 Å². The molecular formula is C24H21ClF6N4O2. The van der Waals surface area contributed by atoms with Crippen molar-refractivity contribution in [1.29, 1.82) is 0 Å². The van der Waals surface area contributed by atoms with E-state index in [9.17, 15) is 26.3 Å². The monoisotopic (exact) mass is 546 g/mol. The molecular weight excluding hydrogens is 526 g/mol. The fraction of sp³-hybridized carbons (Fsp3) is 0.333. The molecule has 1 aliphatic carbocycles. The Kier molecular flexibility index (Phi) is 7.86.